The summed E-state index contributed by atoms with van der Waals surface area (Å²) in [5.41, 5.74) is 3.08. The van der Waals surface area contributed by atoms with Gasteiger partial charge in [0.2, 0.25) is 0 Å². The number of fused-ring (bicyclic) bond motifs is 4. The van der Waals surface area contributed by atoms with Gasteiger partial charge in [-0.05, 0) is 51.9 Å². The standard InChI is InChI=1S/C22H26N6O2S/c1-4-30-17-9-15-13(10-25-27-15)7-16(17)26-20-19-14-6-5-12(22(29)28(2)3)8-18(14)31-21(19)24-11-23-20/h7,9-12,22,29H,4-6,8H2,1-3H3,(H,25,27)(H,23,24,26). The number of nitrogens with zero attached hydrogens (tertiary/aromatic N) is 4. The Hall–Kier alpha value is -2.75. The highest BCUT2D eigenvalue weighted by Crippen LogP contribution is 2.42. The maximum atomic E-state index is 10.5. The number of H-pyrrole nitrogens is 1. The number of ether oxygens (including phenoxy) is 1. The average Bonchev–Trinajstić information content (AvgIpc) is 3.37. The van der Waals surface area contributed by atoms with Gasteiger partial charge in [0.15, 0.2) is 0 Å². The number of aromatic nitrogens is 4. The first kappa shape index (κ1) is 20.2. The van der Waals surface area contributed by atoms with Crippen LogP contribution in [0.2, 0.25) is 0 Å². The second kappa shape index (κ2) is 8.07. The van der Waals surface area contributed by atoms with Gasteiger partial charge in [-0.3, -0.25) is 10.00 Å². The second-order valence-electron chi connectivity index (χ2n) is 8.15. The Bertz CT molecular complexity index is 1230. The number of thiophene rings is 1. The lowest BCUT2D eigenvalue weighted by atomic mass is 9.86. The molecule has 2 unspecified atom stereocenters. The average molecular weight is 439 g/mol. The number of aromatic amines is 1. The Morgan fingerprint density at radius 3 is 3.03 bits per heavy atom. The summed E-state index contributed by atoms with van der Waals surface area (Å²) in [5.74, 6) is 1.77. The van der Waals surface area contributed by atoms with Crippen LogP contribution in [0.1, 0.15) is 23.8 Å². The molecule has 5 rings (SSSR count). The van der Waals surface area contributed by atoms with E-state index in [-0.39, 0.29) is 5.92 Å². The zero-order valence-corrected chi connectivity index (χ0v) is 18.7. The van der Waals surface area contributed by atoms with Crippen molar-refractivity contribution in [1.82, 2.24) is 25.1 Å². The first-order valence-corrected chi connectivity index (χ1v) is 11.3. The van der Waals surface area contributed by atoms with E-state index in [1.807, 2.05) is 38.1 Å². The van der Waals surface area contributed by atoms with Crippen LogP contribution in [-0.4, -0.2) is 57.1 Å². The van der Waals surface area contributed by atoms with Crippen molar-refractivity contribution in [2.45, 2.75) is 32.4 Å². The smallest absolute Gasteiger partial charge is 0.144 e. The van der Waals surface area contributed by atoms with Gasteiger partial charge < -0.3 is 15.2 Å². The number of aryl methyl sites for hydroxylation is 1. The molecule has 0 saturated carbocycles. The number of nitrogens with one attached hydrogen (secondary N) is 2. The van der Waals surface area contributed by atoms with Gasteiger partial charge in [-0.25, -0.2) is 9.97 Å². The molecule has 3 N–H and O–H groups in total. The van der Waals surface area contributed by atoms with Crippen molar-refractivity contribution in [1.29, 1.82) is 0 Å². The van der Waals surface area contributed by atoms with E-state index in [1.54, 1.807) is 23.9 Å². The van der Waals surface area contributed by atoms with Crippen molar-refractivity contribution < 1.29 is 9.84 Å². The number of anilines is 2. The zero-order chi connectivity index (χ0) is 21.5. The first-order valence-electron chi connectivity index (χ1n) is 10.5. The maximum Gasteiger partial charge on any atom is 0.144 e. The molecule has 0 amide bonds. The van der Waals surface area contributed by atoms with Gasteiger partial charge in [0.05, 0.1) is 29.4 Å². The normalized spacial score (nSPS) is 17.3. The Kier molecular flexibility index (Phi) is 5.25. The molecule has 0 bridgehead atoms. The number of aliphatic hydroxyl groups is 1. The predicted octanol–water partition coefficient (Wildman–Crippen LogP) is 3.69. The van der Waals surface area contributed by atoms with Crippen LogP contribution in [0.5, 0.6) is 5.75 Å². The topological polar surface area (TPSA) is 99.2 Å². The Morgan fingerprint density at radius 2 is 2.23 bits per heavy atom. The van der Waals surface area contributed by atoms with Gasteiger partial charge in [-0.1, -0.05) is 0 Å². The highest BCUT2D eigenvalue weighted by molar-refractivity contribution is 7.19. The van der Waals surface area contributed by atoms with Crippen LogP contribution < -0.4 is 10.1 Å². The molecule has 1 aliphatic rings. The lowest BCUT2D eigenvalue weighted by Crippen LogP contribution is -2.37. The summed E-state index contributed by atoms with van der Waals surface area (Å²) < 4.78 is 5.87. The number of benzene rings is 1. The SMILES string of the molecule is CCOc1cc2[nH]ncc2cc1Nc1ncnc2sc3c(c12)CCC(C(O)N(C)C)C3. The minimum atomic E-state index is -0.433. The molecule has 4 aromatic rings. The van der Waals surface area contributed by atoms with Crippen LogP contribution in [-0.2, 0) is 12.8 Å². The van der Waals surface area contributed by atoms with Gasteiger partial charge in [0, 0.05) is 22.2 Å². The van der Waals surface area contributed by atoms with E-state index in [0.717, 1.165) is 57.6 Å². The van der Waals surface area contributed by atoms with E-state index in [0.29, 0.717) is 6.61 Å². The maximum absolute atomic E-state index is 10.5. The monoisotopic (exact) mass is 438 g/mol. The first-order chi connectivity index (χ1) is 15.0. The van der Waals surface area contributed by atoms with E-state index in [9.17, 15) is 5.11 Å². The largest absolute Gasteiger partial charge is 0.492 e. The molecule has 0 fully saturated rings. The Balaban J connectivity index is 1.54. The van der Waals surface area contributed by atoms with Crippen molar-refractivity contribution in [3.05, 3.63) is 35.1 Å². The highest BCUT2D eigenvalue weighted by atomic mass is 32.1. The van der Waals surface area contributed by atoms with E-state index in [1.165, 1.54) is 10.4 Å². The molecule has 3 aromatic heterocycles. The lowest BCUT2D eigenvalue weighted by molar-refractivity contribution is -0.0142. The molecule has 3 heterocycles. The van der Waals surface area contributed by atoms with E-state index in [4.69, 9.17) is 4.74 Å². The number of rotatable bonds is 6. The summed E-state index contributed by atoms with van der Waals surface area (Å²) in [7, 11) is 3.84. The Morgan fingerprint density at radius 1 is 1.35 bits per heavy atom. The van der Waals surface area contributed by atoms with Crippen LogP contribution in [0.3, 0.4) is 0 Å². The summed E-state index contributed by atoms with van der Waals surface area (Å²) >= 11 is 1.71. The molecule has 31 heavy (non-hydrogen) atoms. The summed E-state index contributed by atoms with van der Waals surface area (Å²) in [6, 6.07) is 3.99. The molecule has 0 saturated heterocycles. The van der Waals surface area contributed by atoms with Crippen molar-refractivity contribution in [3.8, 4) is 5.75 Å². The van der Waals surface area contributed by atoms with Crippen LogP contribution in [0, 0.1) is 5.92 Å². The van der Waals surface area contributed by atoms with E-state index < -0.39 is 6.23 Å². The van der Waals surface area contributed by atoms with Gasteiger partial charge in [0.25, 0.3) is 0 Å². The molecule has 162 valence electrons. The fourth-order valence-corrected chi connectivity index (χ4v) is 5.66. The van der Waals surface area contributed by atoms with Crippen LogP contribution in [0.4, 0.5) is 11.5 Å². The molecule has 0 radical (unpaired) electrons. The molecule has 2 atom stereocenters. The molecule has 0 spiro atoms. The molecular formula is C22H26N6O2S. The number of hydrogen-bond acceptors (Lipinski definition) is 8. The fourth-order valence-electron chi connectivity index (χ4n) is 4.38. The molecular weight excluding hydrogens is 412 g/mol. The lowest BCUT2D eigenvalue weighted by Gasteiger charge is -2.30. The summed E-state index contributed by atoms with van der Waals surface area (Å²) in [6.07, 6.45) is 5.69. The fraction of sp³-hybridized carbons (Fsp3) is 0.409. The van der Waals surface area contributed by atoms with Crippen molar-refractivity contribution in [2.75, 3.05) is 26.0 Å². The predicted molar refractivity (Wildman–Crippen MR) is 123 cm³/mol. The molecule has 8 nitrogen and oxygen atoms in total. The molecule has 9 heteroatoms. The van der Waals surface area contributed by atoms with Crippen molar-refractivity contribution in [3.63, 3.8) is 0 Å². The van der Waals surface area contributed by atoms with Crippen LogP contribution in [0.15, 0.2) is 24.7 Å². The van der Waals surface area contributed by atoms with Gasteiger partial charge in [-0.2, -0.15) is 5.10 Å². The summed E-state index contributed by atoms with van der Waals surface area (Å²) in [4.78, 5) is 13.3. The molecule has 1 aliphatic carbocycles. The molecule has 0 aliphatic heterocycles. The third-order valence-corrected chi connectivity index (χ3v) is 7.09. The summed E-state index contributed by atoms with van der Waals surface area (Å²) in [6.45, 7) is 2.54. The number of aliphatic hydroxyl groups excluding tert-OH is 1. The minimum absolute atomic E-state index is 0.230. The Labute approximate surface area is 184 Å². The van der Waals surface area contributed by atoms with E-state index >= 15 is 0 Å². The minimum Gasteiger partial charge on any atom is -0.492 e. The van der Waals surface area contributed by atoms with Gasteiger partial charge in [0.1, 0.15) is 29.0 Å². The third-order valence-electron chi connectivity index (χ3n) is 5.93. The van der Waals surface area contributed by atoms with Crippen molar-refractivity contribution >= 4 is 44.0 Å². The van der Waals surface area contributed by atoms with Gasteiger partial charge >= 0.3 is 0 Å². The highest BCUT2D eigenvalue weighted by Gasteiger charge is 2.30. The van der Waals surface area contributed by atoms with Crippen molar-refractivity contribution in [2.24, 2.45) is 5.92 Å². The summed E-state index contributed by atoms with van der Waals surface area (Å²) in [5, 5.41) is 23.2. The van der Waals surface area contributed by atoms with Gasteiger partial charge in [-0.15, -0.1) is 11.3 Å². The number of hydrogen-bond donors (Lipinski definition) is 3. The third kappa shape index (κ3) is 3.62. The van der Waals surface area contributed by atoms with E-state index in [2.05, 4.69) is 25.5 Å². The quantitative estimate of drug-likeness (QED) is 0.395. The molecule has 1 aromatic carbocycles. The second-order valence-corrected chi connectivity index (χ2v) is 9.23. The van der Waals surface area contributed by atoms with Crippen LogP contribution >= 0.6 is 11.3 Å². The van der Waals surface area contributed by atoms with Crippen LogP contribution in [0.25, 0.3) is 21.1 Å². The zero-order valence-electron chi connectivity index (χ0n) is 17.8.